The number of likely N-dealkylation sites (tertiary alicyclic amines) is 1. The van der Waals surface area contributed by atoms with Gasteiger partial charge in [-0.2, -0.15) is 0 Å². The minimum Gasteiger partial charge on any atom is -0.446 e. The second kappa shape index (κ2) is 9.22. The molecule has 33 heavy (non-hydrogen) atoms. The topological polar surface area (TPSA) is 136 Å². The maximum Gasteiger partial charge on any atom is 0.248 e. The molecule has 0 bridgehead atoms. The monoisotopic (exact) mass is 460 g/mol. The van der Waals surface area contributed by atoms with E-state index in [1.165, 1.54) is 11.3 Å². The van der Waals surface area contributed by atoms with Crippen molar-refractivity contribution in [3.05, 3.63) is 29.7 Å². The van der Waals surface area contributed by atoms with Crippen LogP contribution in [0.25, 0.3) is 0 Å². The van der Waals surface area contributed by atoms with E-state index in [9.17, 15) is 14.7 Å². The van der Waals surface area contributed by atoms with Gasteiger partial charge in [0.1, 0.15) is 24.4 Å². The zero-order chi connectivity index (χ0) is 23.8. The highest BCUT2D eigenvalue weighted by Crippen LogP contribution is 2.40. The lowest BCUT2D eigenvalue weighted by atomic mass is 9.85. The summed E-state index contributed by atoms with van der Waals surface area (Å²) in [6, 6.07) is -1.44. The summed E-state index contributed by atoms with van der Waals surface area (Å²) < 4.78 is 12.0. The molecule has 1 saturated carbocycles. The predicted molar refractivity (Wildman–Crippen MR) is 116 cm³/mol. The van der Waals surface area contributed by atoms with Gasteiger partial charge in [-0.05, 0) is 18.3 Å². The number of hydrogen-bond donors (Lipinski definition) is 2. The lowest BCUT2D eigenvalue weighted by Crippen LogP contribution is -2.50. The van der Waals surface area contributed by atoms with Crippen LogP contribution in [-0.2, 0) is 27.5 Å². The molecule has 1 aliphatic heterocycles. The molecule has 2 aliphatic rings. The van der Waals surface area contributed by atoms with E-state index in [-0.39, 0.29) is 37.9 Å². The summed E-state index contributed by atoms with van der Waals surface area (Å²) in [5.41, 5.74) is 0.979. The molecule has 2 unspecified atom stereocenters. The third-order valence-corrected chi connectivity index (χ3v) is 6.14. The Bertz CT molecular complexity index is 992. The van der Waals surface area contributed by atoms with E-state index in [0.717, 1.165) is 18.5 Å². The van der Waals surface area contributed by atoms with Crippen LogP contribution in [0.3, 0.4) is 0 Å². The van der Waals surface area contributed by atoms with Crippen molar-refractivity contribution in [2.45, 2.75) is 77.3 Å². The molecule has 2 N–H and O–H groups in total. The van der Waals surface area contributed by atoms with Crippen molar-refractivity contribution in [1.82, 2.24) is 30.2 Å². The van der Waals surface area contributed by atoms with Gasteiger partial charge in [-0.1, -0.05) is 26.0 Å². The highest BCUT2D eigenvalue weighted by Gasteiger charge is 2.45. The number of carbonyl (C=O) groups is 2. The van der Waals surface area contributed by atoms with Crippen molar-refractivity contribution in [3.8, 4) is 0 Å². The number of methoxy groups -OCH3 is 1. The second-order valence-corrected chi connectivity index (χ2v) is 9.94. The Labute approximate surface area is 192 Å². The number of rotatable bonds is 8. The fraction of sp³-hybridized carbons (Fsp3) is 0.682. The molecule has 4 rings (SSSR count). The third kappa shape index (κ3) is 5.09. The van der Waals surface area contributed by atoms with Gasteiger partial charge in [0.05, 0.1) is 18.3 Å². The van der Waals surface area contributed by atoms with Crippen LogP contribution < -0.4 is 5.32 Å². The number of aliphatic hydroxyl groups is 1. The Morgan fingerprint density at radius 3 is 2.79 bits per heavy atom. The largest absolute Gasteiger partial charge is 0.446 e. The molecule has 3 heterocycles. The number of ether oxygens (including phenoxy) is 1. The molecule has 180 valence electrons. The van der Waals surface area contributed by atoms with Crippen LogP contribution in [0.5, 0.6) is 0 Å². The van der Waals surface area contributed by atoms with Crippen molar-refractivity contribution >= 4 is 11.8 Å². The fourth-order valence-corrected chi connectivity index (χ4v) is 4.30. The Balaban J connectivity index is 1.50. The number of carbonyl (C=O) groups excluding carboxylic acids is 2. The molecule has 0 spiro atoms. The summed E-state index contributed by atoms with van der Waals surface area (Å²) in [5.74, 6) is 0.341. The minimum absolute atomic E-state index is 0.0898. The Morgan fingerprint density at radius 1 is 1.36 bits per heavy atom. The van der Waals surface area contributed by atoms with Crippen molar-refractivity contribution in [2.24, 2.45) is 5.41 Å². The molecule has 1 aliphatic carbocycles. The van der Waals surface area contributed by atoms with Gasteiger partial charge in [0.2, 0.25) is 11.8 Å². The summed E-state index contributed by atoms with van der Waals surface area (Å²) in [6.07, 6.45) is 4.71. The highest BCUT2D eigenvalue weighted by molar-refractivity contribution is 5.90. The Morgan fingerprint density at radius 2 is 2.12 bits per heavy atom. The highest BCUT2D eigenvalue weighted by atomic mass is 16.5. The summed E-state index contributed by atoms with van der Waals surface area (Å²) in [7, 11) is 1.54. The van der Waals surface area contributed by atoms with E-state index in [4.69, 9.17) is 9.15 Å². The number of nitrogens with zero attached hydrogens (tertiary/aromatic N) is 5. The van der Waals surface area contributed by atoms with Gasteiger partial charge in [0.15, 0.2) is 12.2 Å². The minimum atomic E-state index is -0.790. The van der Waals surface area contributed by atoms with Crippen LogP contribution in [0.1, 0.15) is 69.1 Å². The number of hydrogen-bond acceptors (Lipinski definition) is 8. The summed E-state index contributed by atoms with van der Waals surface area (Å²) in [4.78, 5) is 32.3. The molecule has 3 atom stereocenters. The van der Waals surface area contributed by atoms with Gasteiger partial charge >= 0.3 is 0 Å². The zero-order valence-corrected chi connectivity index (χ0v) is 19.5. The first-order chi connectivity index (χ1) is 15.7. The Hall–Kier alpha value is -2.79. The first kappa shape index (κ1) is 23.4. The van der Waals surface area contributed by atoms with E-state index < -0.39 is 23.6 Å². The quantitative estimate of drug-likeness (QED) is 0.599. The maximum atomic E-state index is 13.7. The zero-order valence-electron chi connectivity index (χ0n) is 19.5. The third-order valence-electron chi connectivity index (χ3n) is 6.14. The lowest BCUT2D eigenvalue weighted by Gasteiger charge is -2.34. The van der Waals surface area contributed by atoms with E-state index >= 15 is 0 Å². The molecule has 0 aromatic carbocycles. The molecular formula is C22H32N6O5. The van der Waals surface area contributed by atoms with Gasteiger partial charge in [0, 0.05) is 32.2 Å². The van der Waals surface area contributed by atoms with Crippen molar-refractivity contribution < 1.29 is 23.8 Å². The van der Waals surface area contributed by atoms with Crippen LogP contribution in [-0.4, -0.2) is 67.6 Å². The number of amides is 2. The summed E-state index contributed by atoms with van der Waals surface area (Å²) >= 11 is 0. The number of aromatic nitrogens is 4. The predicted octanol–water partition coefficient (Wildman–Crippen LogP) is 1.16. The fourth-order valence-electron chi connectivity index (χ4n) is 4.30. The molecule has 2 fully saturated rings. The van der Waals surface area contributed by atoms with Crippen molar-refractivity contribution in [1.29, 1.82) is 0 Å². The van der Waals surface area contributed by atoms with Crippen LogP contribution in [0.2, 0.25) is 0 Å². The first-order valence-electron chi connectivity index (χ1n) is 11.3. The summed E-state index contributed by atoms with van der Waals surface area (Å²) in [6.45, 7) is 6.34. The molecule has 2 amide bonds. The van der Waals surface area contributed by atoms with E-state index in [2.05, 4.69) is 20.6 Å². The van der Waals surface area contributed by atoms with Crippen molar-refractivity contribution in [3.63, 3.8) is 0 Å². The van der Waals surface area contributed by atoms with Gasteiger partial charge in [-0.3, -0.25) is 9.59 Å². The second-order valence-electron chi connectivity index (χ2n) is 9.94. The van der Waals surface area contributed by atoms with E-state index in [1.54, 1.807) is 11.8 Å². The number of aliphatic hydroxyl groups excluding tert-OH is 1. The number of nitrogens with one attached hydrogen (secondary N) is 1. The van der Waals surface area contributed by atoms with E-state index in [0.29, 0.717) is 17.4 Å². The molecular weight excluding hydrogens is 428 g/mol. The Kier molecular flexibility index (Phi) is 6.53. The van der Waals surface area contributed by atoms with Crippen LogP contribution in [0.4, 0.5) is 0 Å². The van der Waals surface area contributed by atoms with Gasteiger partial charge in [-0.25, -0.2) is 9.67 Å². The molecule has 0 radical (unpaired) electrons. The SMILES string of the molecule is COCc1ocnc1CNC(=O)C1CC(O)CN1C(=O)[C@@H](n1cc(C2CC2)nn1)C(C)(C)C. The van der Waals surface area contributed by atoms with Crippen molar-refractivity contribution in [2.75, 3.05) is 13.7 Å². The molecule has 1 saturated heterocycles. The molecule has 11 heteroatoms. The number of β-amino-alcohol motifs (C(OH)–C–C–N with tert-alkyl or cyclic N) is 1. The average molecular weight is 461 g/mol. The van der Waals surface area contributed by atoms with Crippen LogP contribution >= 0.6 is 0 Å². The molecule has 11 nitrogen and oxygen atoms in total. The lowest BCUT2D eigenvalue weighted by molar-refractivity contribution is -0.144. The average Bonchev–Trinajstić information content (AvgIpc) is 3.13. The van der Waals surface area contributed by atoms with E-state index in [1.807, 2.05) is 27.0 Å². The maximum absolute atomic E-state index is 13.7. The normalized spacial score (nSPS) is 21.9. The van der Waals surface area contributed by atoms with Gasteiger partial charge < -0.3 is 24.5 Å². The standard InChI is InChI=1S/C22H32N6O5/c1-22(2,3)19(28-10-16(25-26-28)13-5-6-13)21(31)27-9-14(29)7-17(27)20(30)23-8-15-18(11-32-4)33-12-24-15/h10,12-14,17,19,29H,5-9,11H2,1-4H3,(H,23,30)/t14?,17?,19-/m1/s1. The smallest absolute Gasteiger partial charge is 0.248 e. The number of oxazole rings is 1. The van der Waals surface area contributed by atoms with Crippen LogP contribution in [0, 0.1) is 5.41 Å². The van der Waals surface area contributed by atoms with Crippen LogP contribution in [0.15, 0.2) is 17.0 Å². The molecule has 2 aromatic heterocycles. The van der Waals surface area contributed by atoms with Gasteiger partial charge in [-0.15, -0.1) is 5.10 Å². The molecule has 2 aromatic rings. The van der Waals surface area contributed by atoms with Gasteiger partial charge in [0.25, 0.3) is 0 Å². The first-order valence-corrected chi connectivity index (χ1v) is 11.3. The summed E-state index contributed by atoms with van der Waals surface area (Å²) in [5, 5.41) is 21.6.